The summed E-state index contributed by atoms with van der Waals surface area (Å²) in [6.45, 7) is 1.90. The van der Waals surface area contributed by atoms with Crippen LogP contribution in [0.25, 0.3) is 0 Å². The second kappa shape index (κ2) is 4.65. The highest BCUT2D eigenvalue weighted by Gasteiger charge is 2.03. The summed E-state index contributed by atoms with van der Waals surface area (Å²) in [5.74, 6) is -0.294. The molecule has 0 atom stereocenters. The van der Waals surface area contributed by atoms with E-state index in [0.29, 0.717) is 11.6 Å². The number of carbonyl (C=O) groups excluding carboxylic acids is 1. The number of allylic oxidation sites excluding steroid dienone is 1. The first kappa shape index (κ1) is 10.6. The molecule has 0 heterocycles. The van der Waals surface area contributed by atoms with Gasteiger partial charge >= 0.3 is 0 Å². The third-order valence-corrected chi connectivity index (χ3v) is 1.82. The van der Waals surface area contributed by atoms with Gasteiger partial charge in [-0.3, -0.25) is 4.79 Å². The van der Waals surface area contributed by atoms with Crippen LogP contribution in [0.15, 0.2) is 36.4 Å². The van der Waals surface area contributed by atoms with Crippen molar-refractivity contribution in [2.75, 3.05) is 0 Å². The second-order valence-electron chi connectivity index (χ2n) is 2.99. The Balaban J connectivity index is 2.70. The summed E-state index contributed by atoms with van der Waals surface area (Å²) in [7, 11) is 0. The summed E-state index contributed by atoms with van der Waals surface area (Å²) in [5.41, 5.74) is 1.50. The Morgan fingerprint density at radius 2 is 1.86 bits per heavy atom. The molecule has 0 saturated heterocycles. The van der Waals surface area contributed by atoms with E-state index in [1.165, 1.54) is 0 Å². The molecular weight excluding hydrogens is 186 g/mol. The Hall–Kier alpha value is -1.51. The van der Waals surface area contributed by atoms with E-state index in [2.05, 4.69) is 0 Å². The number of ketones is 1. The fraction of sp³-hybridized carbons (Fsp3) is 0.182. The largest absolute Gasteiger partial charge is 0.294 e. The minimum absolute atomic E-state index is 0.245. The van der Waals surface area contributed by atoms with E-state index in [0.717, 1.165) is 5.56 Å². The van der Waals surface area contributed by atoms with Gasteiger partial charge in [-0.2, -0.15) is 8.78 Å². The number of aryl methyl sites for hydroxylation is 1. The molecule has 0 aliphatic carbocycles. The lowest BCUT2D eigenvalue weighted by molar-refractivity contribution is 0.0994. The Bertz CT molecular complexity index is 348. The smallest absolute Gasteiger partial charge is 0.266 e. The van der Waals surface area contributed by atoms with Crippen LogP contribution in [-0.2, 0) is 0 Å². The molecule has 1 aromatic carbocycles. The van der Waals surface area contributed by atoms with E-state index in [-0.39, 0.29) is 12.2 Å². The van der Waals surface area contributed by atoms with Crippen LogP contribution in [0.4, 0.5) is 8.78 Å². The molecule has 0 unspecified atom stereocenters. The monoisotopic (exact) mass is 196 g/mol. The summed E-state index contributed by atoms with van der Waals surface area (Å²) < 4.78 is 23.4. The Morgan fingerprint density at radius 3 is 2.36 bits per heavy atom. The van der Waals surface area contributed by atoms with Gasteiger partial charge in [0.05, 0.1) is 0 Å². The van der Waals surface area contributed by atoms with Gasteiger partial charge in [0.2, 0.25) is 0 Å². The summed E-state index contributed by atoms with van der Waals surface area (Å²) in [4.78, 5) is 11.3. The number of halogens is 2. The lowest BCUT2D eigenvalue weighted by Gasteiger charge is -1.97. The summed E-state index contributed by atoms with van der Waals surface area (Å²) in [5, 5.41) is 0. The van der Waals surface area contributed by atoms with Gasteiger partial charge in [-0.25, -0.2) is 0 Å². The zero-order chi connectivity index (χ0) is 10.6. The maximum atomic E-state index is 11.7. The summed E-state index contributed by atoms with van der Waals surface area (Å²) in [6.07, 6.45) is -1.43. The molecule has 1 nitrogen and oxygen atoms in total. The Morgan fingerprint density at radius 1 is 1.29 bits per heavy atom. The number of hydrogen-bond donors (Lipinski definition) is 0. The van der Waals surface area contributed by atoms with E-state index in [4.69, 9.17) is 0 Å². The van der Waals surface area contributed by atoms with Crippen molar-refractivity contribution in [3.8, 4) is 0 Å². The molecule has 0 spiro atoms. The van der Waals surface area contributed by atoms with E-state index >= 15 is 0 Å². The van der Waals surface area contributed by atoms with Crippen molar-refractivity contribution < 1.29 is 13.6 Å². The second-order valence-corrected chi connectivity index (χ2v) is 2.99. The van der Waals surface area contributed by atoms with E-state index in [1.54, 1.807) is 24.3 Å². The molecule has 0 aliphatic heterocycles. The van der Waals surface area contributed by atoms with Crippen LogP contribution in [0.3, 0.4) is 0 Å². The molecule has 0 radical (unpaired) electrons. The number of hydrogen-bond acceptors (Lipinski definition) is 1. The molecular formula is C11H10F2O. The van der Waals surface area contributed by atoms with Crippen LogP contribution in [-0.4, -0.2) is 5.78 Å². The van der Waals surface area contributed by atoms with Crippen molar-refractivity contribution in [1.29, 1.82) is 0 Å². The fourth-order valence-corrected chi connectivity index (χ4v) is 1.03. The average Bonchev–Trinajstić information content (AvgIpc) is 2.15. The highest BCUT2D eigenvalue weighted by molar-refractivity contribution is 5.96. The first-order valence-corrected chi connectivity index (χ1v) is 4.20. The topological polar surface area (TPSA) is 17.1 Å². The maximum absolute atomic E-state index is 11.7. The molecule has 0 amide bonds. The third kappa shape index (κ3) is 3.09. The molecule has 0 aromatic heterocycles. The molecule has 0 aliphatic rings. The standard InChI is InChI=1S/C11H10F2O/c1-8-2-4-9(5-3-8)10(14)6-7-11(12)13/h2-5,7H,6H2,1H3. The third-order valence-electron chi connectivity index (χ3n) is 1.82. The normalized spacial score (nSPS) is 9.64. The zero-order valence-corrected chi connectivity index (χ0v) is 7.76. The Labute approximate surface area is 81.1 Å². The van der Waals surface area contributed by atoms with Gasteiger partial charge in [0.1, 0.15) is 0 Å². The number of benzene rings is 1. The molecule has 0 saturated carbocycles. The molecule has 14 heavy (non-hydrogen) atoms. The molecule has 1 aromatic rings. The predicted molar refractivity (Wildman–Crippen MR) is 50.4 cm³/mol. The number of Topliss-reactive ketones (excluding diaryl/α,β-unsaturated/α-hetero) is 1. The van der Waals surface area contributed by atoms with Crippen LogP contribution < -0.4 is 0 Å². The van der Waals surface area contributed by atoms with Gasteiger partial charge in [0, 0.05) is 12.0 Å². The SMILES string of the molecule is Cc1ccc(C(=O)CC=C(F)F)cc1. The molecule has 0 bridgehead atoms. The Kier molecular flexibility index (Phi) is 3.51. The molecule has 3 heteroatoms. The quantitative estimate of drug-likeness (QED) is 0.677. The number of carbonyl (C=O) groups is 1. The van der Waals surface area contributed by atoms with Crippen LogP contribution in [0.1, 0.15) is 22.3 Å². The van der Waals surface area contributed by atoms with Crippen LogP contribution in [0.2, 0.25) is 0 Å². The molecule has 0 N–H and O–H groups in total. The summed E-state index contributed by atoms with van der Waals surface area (Å²) >= 11 is 0. The highest BCUT2D eigenvalue weighted by atomic mass is 19.3. The molecule has 1 rings (SSSR count). The van der Waals surface area contributed by atoms with Crippen LogP contribution in [0, 0.1) is 6.92 Å². The number of rotatable bonds is 3. The van der Waals surface area contributed by atoms with Gasteiger partial charge < -0.3 is 0 Å². The lowest BCUT2D eigenvalue weighted by Crippen LogP contribution is -1.96. The average molecular weight is 196 g/mol. The zero-order valence-electron chi connectivity index (χ0n) is 7.76. The van der Waals surface area contributed by atoms with E-state index < -0.39 is 6.08 Å². The predicted octanol–water partition coefficient (Wildman–Crippen LogP) is 3.35. The van der Waals surface area contributed by atoms with E-state index in [9.17, 15) is 13.6 Å². The van der Waals surface area contributed by atoms with Crippen molar-refractivity contribution in [2.24, 2.45) is 0 Å². The highest BCUT2D eigenvalue weighted by Crippen LogP contribution is 2.08. The van der Waals surface area contributed by atoms with Gasteiger partial charge in [-0.15, -0.1) is 0 Å². The minimum Gasteiger partial charge on any atom is -0.294 e. The minimum atomic E-state index is -1.81. The van der Waals surface area contributed by atoms with Gasteiger partial charge in [0.15, 0.2) is 5.78 Å². The molecule has 74 valence electrons. The summed E-state index contributed by atoms with van der Waals surface area (Å²) in [6, 6.07) is 6.84. The first-order valence-electron chi connectivity index (χ1n) is 4.20. The molecule has 0 fully saturated rings. The maximum Gasteiger partial charge on any atom is 0.266 e. The van der Waals surface area contributed by atoms with Crippen molar-refractivity contribution in [1.82, 2.24) is 0 Å². The first-order chi connectivity index (χ1) is 6.59. The van der Waals surface area contributed by atoms with Gasteiger partial charge in [0.25, 0.3) is 6.08 Å². The van der Waals surface area contributed by atoms with Crippen molar-refractivity contribution in [3.05, 3.63) is 47.5 Å². The van der Waals surface area contributed by atoms with Crippen LogP contribution >= 0.6 is 0 Å². The van der Waals surface area contributed by atoms with Crippen molar-refractivity contribution in [3.63, 3.8) is 0 Å². The van der Waals surface area contributed by atoms with E-state index in [1.807, 2.05) is 6.92 Å². The lowest BCUT2D eigenvalue weighted by atomic mass is 10.1. The van der Waals surface area contributed by atoms with Gasteiger partial charge in [-0.05, 0) is 13.0 Å². The fourth-order valence-electron chi connectivity index (χ4n) is 1.03. The van der Waals surface area contributed by atoms with Crippen LogP contribution in [0.5, 0.6) is 0 Å². The van der Waals surface area contributed by atoms with Crippen molar-refractivity contribution in [2.45, 2.75) is 13.3 Å². The van der Waals surface area contributed by atoms with Crippen molar-refractivity contribution >= 4 is 5.78 Å². The van der Waals surface area contributed by atoms with Gasteiger partial charge in [-0.1, -0.05) is 29.8 Å².